The molecule has 0 spiro atoms. The molecule has 2 aromatic carbocycles. The molecule has 1 N–H and O–H groups in total. The van der Waals surface area contributed by atoms with Crippen LogP contribution < -0.4 is 10.5 Å². The van der Waals surface area contributed by atoms with Gasteiger partial charge in [-0.25, -0.2) is 17.9 Å². The van der Waals surface area contributed by atoms with Gasteiger partial charge in [0.05, 0.1) is 24.4 Å². The molecule has 1 heterocycles. The predicted octanol–water partition coefficient (Wildman–Crippen LogP) is 3.18. The lowest BCUT2D eigenvalue weighted by Crippen LogP contribution is -2.22. The van der Waals surface area contributed by atoms with E-state index in [4.69, 9.17) is 4.42 Å². The lowest BCUT2D eigenvalue weighted by molar-refractivity contribution is 0.489. The monoisotopic (exact) mass is 462 g/mol. The lowest BCUT2D eigenvalue weighted by atomic mass is 10.0. The van der Waals surface area contributed by atoms with Crippen molar-refractivity contribution in [2.24, 2.45) is 0 Å². The molecule has 0 aliphatic heterocycles. The summed E-state index contributed by atoms with van der Waals surface area (Å²) < 4.78 is 32.6. The first-order valence-corrected chi connectivity index (χ1v) is 11.2. The summed E-state index contributed by atoms with van der Waals surface area (Å²) in [4.78, 5) is 12.5. The van der Waals surface area contributed by atoms with Crippen LogP contribution in [0.25, 0.3) is 11.1 Å². The number of sulfonamides is 1. The third-order valence-corrected chi connectivity index (χ3v) is 5.86. The summed E-state index contributed by atoms with van der Waals surface area (Å²) in [6, 6.07) is 10.8. The van der Waals surface area contributed by atoms with Crippen molar-refractivity contribution in [1.29, 1.82) is 0 Å². The smallest absolute Gasteiger partial charge is 0.408 e. The van der Waals surface area contributed by atoms with Gasteiger partial charge in [-0.05, 0) is 43.2 Å². The second-order valence-corrected chi connectivity index (χ2v) is 9.15. The number of rotatable bonds is 4. The van der Waals surface area contributed by atoms with Crippen molar-refractivity contribution in [2.75, 3.05) is 12.8 Å². The largest absolute Gasteiger partial charge is 0.420 e. The van der Waals surface area contributed by atoms with E-state index < -0.39 is 15.8 Å². The zero-order valence-electron chi connectivity index (χ0n) is 15.6. The average Bonchev–Trinajstić information content (AvgIpc) is 2.93. The SMILES string of the molecule is Cc1cc2oc(=O)n(C(C)c3ccccc3C#CCNS(C)(=O)=O)c2cc1Br. The molecule has 1 aromatic heterocycles. The number of oxazole rings is 1. The zero-order valence-corrected chi connectivity index (χ0v) is 18.0. The quantitative estimate of drug-likeness (QED) is 0.603. The number of aryl methyl sites for hydroxylation is 1. The number of halogens is 1. The van der Waals surface area contributed by atoms with Crippen LogP contribution in [0.2, 0.25) is 0 Å². The molecule has 28 heavy (non-hydrogen) atoms. The van der Waals surface area contributed by atoms with E-state index >= 15 is 0 Å². The Morgan fingerprint density at radius 3 is 2.71 bits per heavy atom. The molecule has 0 radical (unpaired) electrons. The molecule has 0 aliphatic rings. The van der Waals surface area contributed by atoms with Gasteiger partial charge in [0.15, 0.2) is 5.58 Å². The van der Waals surface area contributed by atoms with Gasteiger partial charge in [0.25, 0.3) is 0 Å². The normalized spacial score (nSPS) is 12.6. The molecule has 1 atom stereocenters. The number of aromatic nitrogens is 1. The zero-order chi connectivity index (χ0) is 20.5. The maximum atomic E-state index is 12.5. The topological polar surface area (TPSA) is 81.3 Å². The Bertz CT molecular complexity index is 1260. The molecule has 0 amide bonds. The maximum Gasteiger partial charge on any atom is 0.420 e. The third kappa shape index (κ3) is 4.38. The molecule has 1 unspecified atom stereocenters. The molecule has 0 saturated carbocycles. The van der Waals surface area contributed by atoms with Gasteiger partial charge in [-0.15, -0.1) is 0 Å². The van der Waals surface area contributed by atoms with Crippen LogP contribution in [0.5, 0.6) is 0 Å². The van der Waals surface area contributed by atoms with E-state index in [1.165, 1.54) is 0 Å². The Balaban J connectivity index is 2.03. The predicted molar refractivity (Wildman–Crippen MR) is 113 cm³/mol. The van der Waals surface area contributed by atoms with Crippen LogP contribution in [-0.4, -0.2) is 25.8 Å². The average molecular weight is 463 g/mol. The van der Waals surface area contributed by atoms with Crippen molar-refractivity contribution >= 4 is 37.1 Å². The fourth-order valence-electron chi connectivity index (χ4n) is 2.94. The van der Waals surface area contributed by atoms with E-state index in [-0.39, 0.29) is 12.6 Å². The Morgan fingerprint density at radius 2 is 2.00 bits per heavy atom. The highest BCUT2D eigenvalue weighted by molar-refractivity contribution is 9.10. The van der Waals surface area contributed by atoms with E-state index in [1.807, 2.05) is 50.2 Å². The second-order valence-electron chi connectivity index (χ2n) is 6.47. The first-order valence-electron chi connectivity index (χ1n) is 8.51. The van der Waals surface area contributed by atoms with E-state index in [2.05, 4.69) is 32.5 Å². The van der Waals surface area contributed by atoms with Crippen LogP contribution in [0.3, 0.4) is 0 Å². The van der Waals surface area contributed by atoms with Crippen LogP contribution in [0.15, 0.2) is 50.1 Å². The summed E-state index contributed by atoms with van der Waals surface area (Å²) in [5, 5.41) is 0. The van der Waals surface area contributed by atoms with Crippen LogP contribution in [0.4, 0.5) is 0 Å². The molecular weight excluding hydrogens is 444 g/mol. The van der Waals surface area contributed by atoms with Crippen LogP contribution in [0, 0.1) is 18.8 Å². The molecular formula is C20H19BrN2O4S. The molecule has 3 rings (SSSR count). The maximum absolute atomic E-state index is 12.5. The van der Waals surface area contributed by atoms with Gasteiger partial charge in [0.1, 0.15) is 0 Å². The molecule has 0 bridgehead atoms. The molecule has 0 saturated heterocycles. The van der Waals surface area contributed by atoms with Gasteiger partial charge < -0.3 is 4.42 Å². The highest BCUT2D eigenvalue weighted by Gasteiger charge is 2.19. The number of nitrogens with zero attached hydrogens (tertiary/aromatic N) is 1. The van der Waals surface area contributed by atoms with Crippen LogP contribution in [-0.2, 0) is 10.0 Å². The van der Waals surface area contributed by atoms with Gasteiger partial charge in [-0.1, -0.05) is 46.0 Å². The molecule has 0 fully saturated rings. The first-order chi connectivity index (χ1) is 13.2. The molecule has 0 aliphatic carbocycles. The summed E-state index contributed by atoms with van der Waals surface area (Å²) >= 11 is 3.50. The fraction of sp³-hybridized carbons (Fsp3) is 0.250. The number of nitrogens with one attached hydrogen (secondary N) is 1. The van der Waals surface area contributed by atoms with Gasteiger partial charge >= 0.3 is 5.76 Å². The van der Waals surface area contributed by atoms with Gasteiger partial charge in [0.2, 0.25) is 10.0 Å². The fourth-order valence-corrected chi connectivity index (χ4v) is 3.61. The highest BCUT2D eigenvalue weighted by Crippen LogP contribution is 2.28. The van der Waals surface area contributed by atoms with Gasteiger partial charge in [-0.2, -0.15) is 0 Å². The number of hydrogen-bond acceptors (Lipinski definition) is 4. The van der Waals surface area contributed by atoms with Crippen LogP contribution in [0.1, 0.15) is 29.7 Å². The second kappa shape index (κ2) is 7.95. The summed E-state index contributed by atoms with van der Waals surface area (Å²) in [5.41, 5.74) is 3.76. The van der Waals surface area contributed by atoms with Crippen molar-refractivity contribution < 1.29 is 12.8 Å². The summed E-state index contributed by atoms with van der Waals surface area (Å²) in [6.07, 6.45) is 1.08. The standard InChI is InChI=1S/C20H19BrN2O4S/c1-13-11-19-18(12-17(13)21)23(20(24)27-19)14(2)16-9-5-4-7-15(16)8-6-10-22-28(3,25)26/h4-5,7,9,11-12,14,22H,10H2,1-3H3. The van der Waals surface area contributed by atoms with E-state index in [0.29, 0.717) is 11.1 Å². The highest BCUT2D eigenvalue weighted by atomic mass is 79.9. The van der Waals surface area contributed by atoms with E-state index in [9.17, 15) is 13.2 Å². The summed E-state index contributed by atoms with van der Waals surface area (Å²) in [7, 11) is -3.29. The Kier molecular flexibility index (Phi) is 5.79. The van der Waals surface area contributed by atoms with Crippen molar-refractivity contribution in [3.8, 4) is 11.8 Å². The first kappa shape index (κ1) is 20.4. The molecule has 6 nitrogen and oxygen atoms in total. The Hall–Kier alpha value is -2.34. The minimum absolute atomic E-state index is 0.0162. The van der Waals surface area contributed by atoms with E-state index in [0.717, 1.165) is 27.4 Å². The number of benzene rings is 2. The van der Waals surface area contributed by atoms with Gasteiger partial charge in [-0.3, -0.25) is 4.57 Å². The molecule has 8 heteroatoms. The Morgan fingerprint density at radius 1 is 1.29 bits per heavy atom. The van der Waals surface area contributed by atoms with Gasteiger partial charge in [0, 0.05) is 10.0 Å². The van der Waals surface area contributed by atoms with Crippen molar-refractivity contribution in [1.82, 2.24) is 9.29 Å². The minimum atomic E-state index is -3.29. The van der Waals surface area contributed by atoms with Crippen LogP contribution >= 0.6 is 15.9 Å². The summed E-state index contributed by atoms with van der Waals surface area (Å²) in [5.74, 6) is 5.35. The van der Waals surface area contributed by atoms with Crippen molar-refractivity contribution in [3.05, 3.63) is 68.1 Å². The summed E-state index contributed by atoms with van der Waals surface area (Å²) in [6.45, 7) is 3.85. The number of fused-ring (bicyclic) bond motifs is 1. The Labute approximate surface area is 171 Å². The number of hydrogen-bond donors (Lipinski definition) is 1. The lowest BCUT2D eigenvalue weighted by Gasteiger charge is -2.15. The van der Waals surface area contributed by atoms with Crippen molar-refractivity contribution in [3.63, 3.8) is 0 Å². The third-order valence-electron chi connectivity index (χ3n) is 4.34. The van der Waals surface area contributed by atoms with E-state index in [1.54, 1.807) is 4.57 Å². The molecule has 3 aromatic rings. The minimum Gasteiger partial charge on any atom is -0.408 e. The molecule has 146 valence electrons. The van der Waals surface area contributed by atoms with Crippen molar-refractivity contribution in [2.45, 2.75) is 19.9 Å².